The molecule has 3 heteroatoms. The second-order valence-electron chi connectivity index (χ2n) is 2.60. The van der Waals surface area contributed by atoms with Gasteiger partial charge in [-0.05, 0) is 18.2 Å². The molecule has 62 valence electrons. The van der Waals surface area contributed by atoms with E-state index < -0.39 is 0 Å². The molecule has 0 saturated carbocycles. The predicted octanol–water partition coefficient (Wildman–Crippen LogP) is 2.54. The Morgan fingerprint density at radius 3 is 2.92 bits per heavy atom. The summed E-state index contributed by atoms with van der Waals surface area (Å²) < 4.78 is 5.39. The largest absolute Gasteiger partial charge is 0.460 e. The van der Waals surface area contributed by atoms with E-state index in [1.54, 1.807) is 6.07 Å². The smallest absolute Gasteiger partial charge is 0.135 e. The van der Waals surface area contributed by atoms with Crippen LogP contribution in [0, 0.1) is 0 Å². The summed E-state index contributed by atoms with van der Waals surface area (Å²) in [6, 6.07) is 7.46. The molecule has 2 nitrogen and oxygen atoms in total. The van der Waals surface area contributed by atoms with Crippen molar-refractivity contribution < 1.29 is 4.42 Å². The number of fused-ring (bicyclic) bond motifs is 1. The van der Waals surface area contributed by atoms with E-state index in [9.17, 15) is 0 Å². The van der Waals surface area contributed by atoms with E-state index in [2.05, 4.69) is 0 Å². The fourth-order valence-corrected chi connectivity index (χ4v) is 1.32. The average Bonchev–Trinajstić information content (AvgIpc) is 2.46. The zero-order valence-corrected chi connectivity index (χ0v) is 7.14. The summed E-state index contributed by atoms with van der Waals surface area (Å²) in [7, 11) is 0. The molecule has 0 aliphatic heterocycles. The number of nitrogens with two attached hydrogens (primary N) is 1. The lowest BCUT2D eigenvalue weighted by Crippen LogP contribution is -1.92. The second-order valence-corrected chi connectivity index (χ2v) is 3.04. The SMILES string of the molecule is NCc1cc2ccc(Cl)cc2o1. The summed E-state index contributed by atoms with van der Waals surface area (Å²) in [4.78, 5) is 0. The normalized spacial score (nSPS) is 10.8. The van der Waals surface area contributed by atoms with Crippen LogP contribution in [-0.4, -0.2) is 0 Å². The van der Waals surface area contributed by atoms with Gasteiger partial charge in [-0.1, -0.05) is 11.6 Å². The monoisotopic (exact) mass is 181 g/mol. The molecule has 0 amide bonds. The number of benzene rings is 1. The van der Waals surface area contributed by atoms with Gasteiger partial charge in [0.05, 0.1) is 6.54 Å². The Morgan fingerprint density at radius 1 is 1.33 bits per heavy atom. The van der Waals surface area contributed by atoms with E-state index in [-0.39, 0.29) is 0 Å². The van der Waals surface area contributed by atoms with Gasteiger partial charge in [-0.15, -0.1) is 0 Å². The first-order valence-corrected chi connectivity index (χ1v) is 4.05. The molecule has 0 aliphatic carbocycles. The second kappa shape index (κ2) is 2.81. The molecule has 0 aliphatic rings. The number of halogens is 1. The molecular formula is C9H8ClNO. The summed E-state index contributed by atoms with van der Waals surface area (Å²) in [5, 5.41) is 1.72. The highest BCUT2D eigenvalue weighted by Crippen LogP contribution is 2.22. The highest BCUT2D eigenvalue weighted by molar-refractivity contribution is 6.31. The molecule has 0 saturated heterocycles. The standard InChI is InChI=1S/C9H8ClNO/c10-7-2-1-6-3-8(5-11)12-9(6)4-7/h1-4H,5,11H2. The van der Waals surface area contributed by atoms with Crippen LogP contribution in [0.1, 0.15) is 5.76 Å². The van der Waals surface area contributed by atoms with Gasteiger partial charge in [-0.2, -0.15) is 0 Å². The molecular weight excluding hydrogens is 174 g/mol. The van der Waals surface area contributed by atoms with Crippen molar-refractivity contribution in [1.82, 2.24) is 0 Å². The van der Waals surface area contributed by atoms with Crippen LogP contribution in [0.25, 0.3) is 11.0 Å². The van der Waals surface area contributed by atoms with Crippen molar-refractivity contribution in [2.45, 2.75) is 6.54 Å². The Hall–Kier alpha value is -0.990. The summed E-state index contributed by atoms with van der Waals surface area (Å²) in [6.07, 6.45) is 0. The number of hydrogen-bond acceptors (Lipinski definition) is 2. The minimum absolute atomic E-state index is 0.423. The van der Waals surface area contributed by atoms with Gasteiger partial charge in [0.2, 0.25) is 0 Å². The molecule has 2 rings (SSSR count). The number of hydrogen-bond donors (Lipinski definition) is 1. The fraction of sp³-hybridized carbons (Fsp3) is 0.111. The minimum Gasteiger partial charge on any atom is -0.460 e. The van der Waals surface area contributed by atoms with Crippen LogP contribution in [0.2, 0.25) is 5.02 Å². The first-order chi connectivity index (χ1) is 5.79. The van der Waals surface area contributed by atoms with E-state index in [0.29, 0.717) is 11.6 Å². The van der Waals surface area contributed by atoms with Crippen LogP contribution in [0.15, 0.2) is 28.7 Å². The maximum absolute atomic E-state index is 5.78. The highest BCUT2D eigenvalue weighted by atomic mass is 35.5. The molecule has 12 heavy (non-hydrogen) atoms. The first-order valence-electron chi connectivity index (χ1n) is 3.67. The molecule has 1 heterocycles. The van der Waals surface area contributed by atoms with Crippen molar-refractivity contribution in [3.63, 3.8) is 0 Å². The third-order valence-electron chi connectivity index (χ3n) is 1.73. The topological polar surface area (TPSA) is 39.2 Å². The van der Waals surface area contributed by atoms with E-state index in [0.717, 1.165) is 16.7 Å². The lowest BCUT2D eigenvalue weighted by Gasteiger charge is -1.88. The molecule has 2 N–H and O–H groups in total. The Labute approximate surface area is 74.9 Å². The Morgan fingerprint density at radius 2 is 2.17 bits per heavy atom. The van der Waals surface area contributed by atoms with Crippen molar-refractivity contribution in [3.8, 4) is 0 Å². The highest BCUT2D eigenvalue weighted by Gasteiger charge is 2.01. The van der Waals surface area contributed by atoms with Crippen molar-refractivity contribution in [3.05, 3.63) is 35.0 Å². The van der Waals surface area contributed by atoms with Crippen LogP contribution in [0.5, 0.6) is 0 Å². The van der Waals surface area contributed by atoms with Gasteiger partial charge in [0.1, 0.15) is 11.3 Å². The van der Waals surface area contributed by atoms with Gasteiger partial charge in [-0.3, -0.25) is 0 Å². The van der Waals surface area contributed by atoms with Crippen LogP contribution in [0.4, 0.5) is 0 Å². The molecule has 0 bridgehead atoms. The van der Waals surface area contributed by atoms with Crippen LogP contribution in [0.3, 0.4) is 0 Å². The fourth-order valence-electron chi connectivity index (χ4n) is 1.16. The number of rotatable bonds is 1. The summed E-state index contributed by atoms with van der Waals surface area (Å²) in [5.41, 5.74) is 6.22. The minimum atomic E-state index is 0.423. The van der Waals surface area contributed by atoms with E-state index in [1.165, 1.54) is 0 Å². The number of furan rings is 1. The van der Waals surface area contributed by atoms with Crippen molar-refractivity contribution in [2.75, 3.05) is 0 Å². The van der Waals surface area contributed by atoms with E-state index in [1.807, 2.05) is 18.2 Å². The summed E-state index contributed by atoms with van der Waals surface area (Å²) >= 11 is 5.78. The van der Waals surface area contributed by atoms with Crippen molar-refractivity contribution >= 4 is 22.6 Å². The Kier molecular flexibility index (Phi) is 1.79. The summed E-state index contributed by atoms with van der Waals surface area (Å²) in [5.74, 6) is 0.785. The molecule has 1 aromatic carbocycles. The first kappa shape index (κ1) is 7.65. The maximum Gasteiger partial charge on any atom is 0.135 e. The Balaban J connectivity index is 2.67. The third-order valence-corrected chi connectivity index (χ3v) is 1.97. The maximum atomic E-state index is 5.78. The zero-order valence-electron chi connectivity index (χ0n) is 6.38. The zero-order chi connectivity index (χ0) is 8.55. The summed E-state index contributed by atoms with van der Waals surface area (Å²) in [6.45, 7) is 0.423. The molecule has 0 spiro atoms. The van der Waals surface area contributed by atoms with Gasteiger partial charge in [-0.25, -0.2) is 0 Å². The lowest BCUT2D eigenvalue weighted by molar-refractivity contribution is 0.552. The van der Waals surface area contributed by atoms with Gasteiger partial charge in [0, 0.05) is 16.5 Å². The molecule has 2 aromatic rings. The molecule has 0 radical (unpaired) electrons. The molecule has 0 fully saturated rings. The van der Waals surface area contributed by atoms with E-state index in [4.69, 9.17) is 21.8 Å². The molecule has 1 aromatic heterocycles. The van der Waals surface area contributed by atoms with Crippen LogP contribution in [-0.2, 0) is 6.54 Å². The van der Waals surface area contributed by atoms with Crippen molar-refractivity contribution in [1.29, 1.82) is 0 Å². The average molecular weight is 182 g/mol. The van der Waals surface area contributed by atoms with Gasteiger partial charge < -0.3 is 10.2 Å². The molecule has 0 unspecified atom stereocenters. The Bertz CT molecular complexity index is 408. The van der Waals surface area contributed by atoms with Gasteiger partial charge >= 0.3 is 0 Å². The van der Waals surface area contributed by atoms with Gasteiger partial charge in [0.25, 0.3) is 0 Å². The van der Waals surface area contributed by atoms with Crippen molar-refractivity contribution in [2.24, 2.45) is 5.73 Å². The van der Waals surface area contributed by atoms with Crippen LogP contribution >= 0.6 is 11.6 Å². The quantitative estimate of drug-likeness (QED) is 0.735. The predicted molar refractivity (Wildman–Crippen MR) is 49.1 cm³/mol. The van der Waals surface area contributed by atoms with E-state index >= 15 is 0 Å². The van der Waals surface area contributed by atoms with Crippen LogP contribution < -0.4 is 5.73 Å². The molecule has 0 atom stereocenters. The third kappa shape index (κ3) is 1.19. The lowest BCUT2D eigenvalue weighted by atomic mass is 10.2. The van der Waals surface area contributed by atoms with Gasteiger partial charge in [0.15, 0.2) is 0 Å².